The van der Waals surface area contributed by atoms with Crippen LogP contribution >= 0.6 is 0 Å². The van der Waals surface area contributed by atoms with Crippen LogP contribution in [0.15, 0.2) is 40.8 Å². The topological polar surface area (TPSA) is 48.4 Å². The van der Waals surface area contributed by atoms with Gasteiger partial charge in [0, 0.05) is 6.04 Å². The van der Waals surface area contributed by atoms with Crippen molar-refractivity contribution < 1.29 is 13.5 Å². The molecule has 0 aliphatic carbocycles. The van der Waals surface area contributed by atoms with Crippen molar-refractivity contribution in [2.45, 2.75) is 26.0 Å². The van der Waals surface area contributed by atoms with Gasteiger partial charge in [-0.2, -0.15) is 0 Å². The van der Waals surface area contributed by atoms with Crippen LogP contribution < -0.4 is 10.5 Å². The van der Waals surface area contributed by atoms with Gasteiger partial charge in [-0.05, 0) is 50.2 Å². The lowest BCUT2D eigenvalue weighted by molar-refractivity contribution is 0.151. The highest BCUT2D eigenvalue weighted by molar-refractivity contribution is 5.23. The van der Waals surface area contributed by atoms with Crippen LogP contribution in [0.1, 0.15) is 24.5 Å². The Balaban J connectivity index is 2.19. The molecule has 2 unspecified atom stereocenters. The predicted octanol–water partition coefficient (Wildman–Crippen LogP) is 3.19. The summed E-state index contributed by atoms with van der Waals surface area (Å²) in [7, 11) is 0. The first-order chi connectivity index (χ1) is 8.56. The molecule has 2 atom stereocenters. The lowest BCUT2D eigenvalue weighted by Crippen LogP contribution is -2.28. The van der Waals surface area contributed by atoms with Gasteiger partial charge in [0.15, 0.2) is 6.10 Å². The van der Waals surface area contributed by atoms with Crippen molar-refractivity contribution in [1.29, 1.82) is 0 Å². The Bertz CT molecular complexity index is 505. The number of rotatable bonds is 4. The molecule has 0 aliphatic heterocycles. The number of ether oxygens (including phenoxy) is 1. The molecule has 0 saturated heterocycles. The molecule has 2 rings (SSSR count). The maximum absolute atomic E-state index is 12.8. The number of halogens is 1. The number of hydrogen-bond donors (Lipinski definition) is 1. The van der Waals surface area contributed by atoms with E-state index < -0.39 is 0 Å². The summed E-state index contributed by atoms with van der Waals surface area (Å²) in [5.74, 6) is 1.74. The zero-order valence-corrected chi connectivity index (χ0v) is 10.4. The third-order valence-corrected chi connectivity index (χ3v) is 2.60. The van der Waals surface area contributed by atoms with Crippen molar-refractivity contribution in [3.63, 3.8) is 0 Å². The summed E-state index contributed by atoms with van der Waals surface area (Å²) in [4.78, 5) is 0. The Morgan fingerprint density at radius 2 is 1.83 bits per heavy atom. The molecule has 2 N–H and O–H groups in total. The van der Waals surface area contributed by atoms with Gasteiger partial charge in [-0.3, -0.25) is 0 Å². The van der Waals surface area contributed by atoms with Crippen molar-refractivity contribution in [2.75, 3.05) is 0 Å². The van der Waals surface area contributed by atoms with Crippen LogP contribution in [-0.4, -0.2) is 6.04 Å². The standard InChI is InChI=1S/C14H16FNO2/c1-9-3-8-13(17-9)14(10(2)16)18-12-6-4-11(15)5-7-12/h3-8,10,14H,16H2,1-2H3. The summed E-state index contributed by atoms with van der Waals surface area (Å²) in [6.45, 7) is 3.70. The van der Waals surface area contributed by atoms with Crippen LogP contribution in [0.3, 0.4) is 0 Å². The second-order valence-electron chi connectivity index (χ2n) is 4.30. The van der Waals surface area contributed by atoms with E-state index in [9.17, 15) is 4.39 Å². The Hall–Kier alpha value is -1.81. The highest BCUT2D eigenvalue weighted by Crippen LogP contribution is 2.25. The number of furan rings is 1. The molecule has 0 bridgehead atoms. The molecule has 0 radical (unpaired) electrons. The second kappa shape index (κ2) is 5.23. The fraction of sp³-hybridized carbons (Fsp3) is 0.286. The van der Waals surface area contributed by atoms with Gasteiger partial charge in [0.1, 0.15) is 23.1 Å². The first-order valence-electron chi connectivity index (χ1n) is 5.80. The Kier molecular flexibility index (Phi) is 3.67. The summed E-state index contributed by atoms with van der Waals surface area (Å²) in [6.07, 6.45) is -0.385. The average Bonchev–Trinajstić information content (AvgIpc) is 2.74. The van der Waals surface area contributed by atoms with Crippen molar-refractivity contribution >= 4 is 0 Å². The number of aryl methyl sites for hydroxylation is 1. The van der Waals surface area contributed by atoms with Gasteiger partial charge >= 0.3 is 0 Å². The zero-order chi connectivity index (χ0) is 13.1. The Morgan fingerprint density at radius 1 is 1.17 bits per heavy atom. The van der Waals surface area contributed by atoms with Crippen molar-refractivity contribution in [3.8, 4) is 5.75 Å². The quantitative estimate of drug-likeness (QED) is 0.905. The van der Waals surface area contributed by atoms with E-state index in [0.717, 1.165) is 5.76 Å². The van der Waals surface area contributed by atoms with Gasteiger partial charge in [-0.15, -0.1) is 0 Å². The van der Waals surface area contributed by atoms with E-state index in [1.165, 1.54) is 12.1 Å². The van der Waals surface area contributed by atoms with E-state index in [0.29, 0.717) is 11.5 Å². The maximum atomic E-state index is 12.8. The molecule has 0 spiro atoms. The lowest BCUT2D eigenvalue weighted by Gasteiger charge is -2.20. The van der Waals surface area contributed by atoms with E-state index in [-0.39, 0.29) is 18.0 Å². The van der Waals surface area contributed by atoms with Gasteiger partial charge in [-0.1, -0.05) is 0 Å². The molecule has 1 aromatic carbocycles. The molecule has 1 aromatic heterocycles. The molecule has 1 heterocycles. The SMILES string of the molecule is Cc1ccc(C(Oc2ccc(F)cc2)C(C)N)o1. The second-order valence-corrected chi connectivity index (χ2v) is 4.30. The normalized spacial score (nSPS) is 14.2. The molecule has 4 heteroatoms. The molecule has 18 heavy (non-hydrogen) atoms. The number of benzene rings is 1. The van der Waals surface area contributed by atoms with Crippen molar-refractivity contribution in [3.05, 3.63) is 53.7 Å². The Morgan fingerprint density at radius 3 is 2.33 bits per heavy atom. The van der Waals surface area contributed by atoms with Crippen LogP contribution in [0.25, 0.3) is 0 Å². The van der Waals surface area contributed by atoms with Gasteiger partial charge in [0.25, 0.3) is 0 Å². The number of nitrogens with two attached hydrogens (primary N) is 1. The van der Waals surface area contributed by atoms with Crippen LogP contribution in [0.5, 0.6) is 5.75 Å². The van der Waals surface area contributed by atoms with Crippen LogP contribution in [0.2, 0.25) is 0 Å². The molecule has 0 amide bonds. The molecule has 0 fully saturated rings. The fourth-order valence-electron chi connectivity index (χ4n) is 1.69. The highest BCUT2D eigenvalue weighted by Gasteiger charge is 2.21. The molecule has 2 aromatic rings. The van der Waals surface area contributed by atoms with E-state index in [2.05, 4.69) is 0 Å². The third kappa shape index (κ3) is 2.90. The van der Waals surface area contributed by atoms with Crippen molar-refractivity contribution in [2.24, 2.45) is 5.73 Å². The van der Waals surface area contributed by atoms with Crippen LogP contribution in [0, 0.1) is 12.7 Å². The zero-order valence-electron chi connectivity index (χ0n) is 10.4. The van der Waals surface area contributed by atoms with E-state index in [1.54, 1.807) is 12.1 Å². The minimum Gasteiger partial charge on any atom is -0.481 e. The van der Waals surface area contributed by atoms with Gasteiger partial charge < -0.3 is 14.9 Å². The van der Waals surface area contributed by atoms with Crippen LogP contribution in [-0.2, 0) is 0 Å². The molecular weight excluding hydrogens is 233 g/mol. The minimum atomic E-state index is -0.385. The van der Waals surface area contributed by atoms with E-state index in [4.69, 9.17) is 14.9 Å². The summed E-state index contributed by atoms with van der Waals surface area (Å²) in [5.41, 5.74) is 5.90. The summed E-state index contributed by atoms with van der Waals surface area (Å²) >= 11 is 0. The van der Waals surface area contributed by atoms with E-state index in [1.807, 2.05) is 26.0 Å². The summed E-state index contributed by atoms with van der Waals surface area (Å²) in [6, 6.07) is 9.30. The summed E-state index contributed by atoms with van der Waals surface area (Å²) < 4.78 is 24.1. The maximum Gasteiger partial charge on any atom is 0.171 e. The highest BCUT2D eigenvalue weighted by atomic mass is 19.1. The largest absolute Gasteiger partial charge is 0.481 e. The summed E-state index contributed by atoms with van der Waals surface area (Å²) in [5, 5.41) is 0. The number of hydrogen-bond acceptors (Lipinski definition) is 3. The molecule has 96 valence electrons. The van der Waals surface area contributed by atoms with Crippen molar-refractivity contribution in [1.82, 2.24) is 0 Å². The van der Waals surface area contributed by atoms with Crippen LogP contribution in [0.4, 0.5) is 4.39 Å². The smallest absolute Gasteiger partial charge is 0.171 e. The first-order valence-corrected chi connectivity index (χ1v) is 5.80. The van der Waals surface area contributed by atoms with Gasteiger partial charge in [-0.25, -0.2) is 4.39 Å². The fourth-order valence-corrected chi connectivity index (χ4v) is 1.69. The minimum absolute atomic E-state index is 0.236. The van der Waals surface area contributed by atoms with Gasteiger partial charge in [0.2, 0.25) is 0 Å². The molecule has 3 nitrogen and oxygen atoms in total. The van der Waals surface area contributed by atoms with E-state index >= 15 is 0 Å². The third-order valence-electron chi connectivity index (χ3n) is 2.60. The molecular formula is C14H16FNO2. The van der Waals surface area contributed by atoms with Gasteiger partial charge in [0.05, 0.1) is 0 Å². The monoisotopic (exact) mass is 249 g/mol. The predicted molar refractivity (Wildman–Crippen MR) is 66.9 cm³/mol. The Labute approximate surface area is 105 Å². The lowest BCUT2D eigenvalue weighted by atomic mass is 10.1. The first kappa shape index (κ1) is 12.6. The molecule has 0 aliphatic rings. The average molecular weight is 249 g/mol. The molecule has 0 saturated carbocycles.